The molecule has 0 aliphatic rings. The van der Waals surface area contributed by atoms with Crippen LogP contribution < -0.4 is 5.73 Å². The van der Waals surface area contributed by atoms with Gasteiger partial charge in [0, 0.05) is 5.39 Å². The zero-order valence-electron chi connectivity index (χ0n) is 8.26. The number of fused-ring (bicyclic) bond motifs is 1. The SMILES string of the molecule is CCC(N)c1cc2ccc(Cl)c(Cl)c2o1. The maximum atomic E-state index is 6.02. The summed E-state index contributed by atoms with van der Waals surface area (Å²) in [7, 11) is 0. The van der Waals surface area contributed by atoms with Crippen LogP contribution in [0.4, 0.5) is 0 Å². The van der Waals surface area contributed by atoms with E-state index < -0.39 is 0 Å². The van der Waals surface area contributed by atoms with Crippen molar-refractivity contribution in [2.75, 3.05) is 0 Å². The van der Waals surface area contributed by atoms with Crippen molar-refractivity contribution in [1.82, 2.24) is 0 Å². The molecule has 15 heavy (non-hydrogen) atoms. The Balaban J connectivity index is 2.61. The van der Waals surface area contributed by atoms with Gasteiger partial charge in [-0.15, -0.1) is 0 Å². The van der Waals surface area contributed by atoms with Crippen molar-refractivity contribution in [2.45, 2.75) is 19.4 Å². The van der Waals surface area contributed by atoms with Crippen molar-refractivity contribution in [1.29, 1.82) is 0 Å². The van der Waals surface area contributed by atoms with Crippen molar-refractivity contribution in [2.24, 2.45) is 5.73 Å². The molecule has 0 spiro atoms. The number of halogens is 2. The van der Waals surface area contributed by atoms with E-state index in [-0.39, 0.29) is 6.04 Å². The summed E-state index contributed by atoms with van der Waals surface area (Å²) in [6, 6.07) is 5.44. The number of benzene rings is 1. The van der Waals surface area contributed by atoms with Gasteiger partial charge in [-0.2, -0.15) is 0 Å². The van der Waals surface area contributed by atoms with Crippen molar-refractivity contribution < 1.29 is 4.42 Å². The highest BCUT2D eigenvalue weighted by Gasteiger charge is 2.13. The zero-order valence-corrected chi connectivity index (χ0v) is 9.77. The first-order chi connectivity index (χ1) is 7.13. The molecule has 2 rings (SSSR count). The molecule has 80 valence electrons. The highest BCUT2D eigenvalue weighted by atomic mass is 35.5. The first kappa shape index (κ1) is 10.8. The third-order valence-corrected chi connectivity index (χ3v) is 3.19. The Hall–Kier alpha value is -0.700. The molecular weight excluding hydrogens is 233 g/mol. The molecule has 2 aromatic rings. The Morgan fingerprint density at radius 1 is 1.40 bits per heavy atom. The molecule has 0 aliphatic heterocycles. The molecule has 0 aliphatic carbocycles. The van der Waals surface area contributed by atoms with E-state index in [1.807, 2.05) is 19.1 Å². The summed E-state index contributed by atoms with van der Waals surface area (Å²) in [6.07, 6.45) is 0.825. The summed E-state index contributed by atoms with van der Waals surface area (Å²) >= 11 is 11.9. The van der Waals surface area contributed by atoms with Crippen LogP contribution in [0.5, 0.6) is 0 Å². The van der Waals surface area contributed by atoms with Crippen LogP contribution in [-0.2, 0) is 0 Å². The molecule has 1 heterocycles. The molecule has 1 aromatic heterocycles. The maximum Gasteiger partial charge on any atom is 0.154 e. The van der Waals surface area contributed by atoms with Crippen molar-refractivity contribution in [3.05, 3.63) is 34.0 Å². The summed E-state index contributed by atoms with van der Waals surface area (Å²) < 4.78 is 5.59. The average molecular weight is 244 g/mol. The molecule has 0 amide bonds. The second-order valence-corrected chi connectivity index (χ2v) is 4.23. The quantitative estimate of drug-likeness (QED) is 0.861. The fourth-order valence-corrected chi connectivity index (χ4v) is 1.81. The Bertz CT molecular complexity index is 493. The van der Waals surface area contributed by atoms with E-state index >= 15 is 0 Å². The van der Waals surface area contributed by atoms with Crippen LogP contribution in [-0.4, -0.2) is 0 Å². The van der Waals surface area contributed by atoms with Crippen LogP contribution in [0.15, 0.2) is 22.6 Å². The van der Waals surface area contributed by atoms with Gasteiger partial charge < -0.3 is 10.2 Å². The summed E-state index contributed by atoms with van der Waals surface area (Å²) in [5, 5.41) is 1.88. The van der Waals surface area contributed by atoms with Crippen LogP contribution in [0.25, 0.3) is 11.0 Å². The van der Waals surface area contributed by atoms with E-state index in [1.165, 1.54) is 0 Å². The van der Waals surface area contributed by atoms with Gasteiger partial charge in [0.25, 0.3) is 0 Å². The van der Waals surface area contributed by atoms with E-state index in [9.17, 15) is 0 Å². The zero-order chi connectivity index (χ0) is 11.0. The van der Waals surface area contributed by atoms with Crippen molar-refractivity contribution in [3.8, 4) is 0 Å². The second-order valence-electron chi connectivity index (χ2n) is 3.44. The van der Waals surface area contributed by atoms with Gasteiger partial charge in [-0.1, -0.05) is 30.1 Å². The monoisotopic (exact) mass is 243 g/mol. The van der Waals surface area contributed by atoms with Gasteiger partial charge in [-0.05, 0) is 24.6 Å². The van der Waals surface area contributed by atoms with E-state index in [2.05, 4.69) is 0 Å². The average Bonchev–Trinajstić information content (AvgIpc) is 2.67. The van der Waals surface area contributed by atoms with Gasteiger partial charge in [0.1, 0.15) is 10.8 Å². The van der Waals surface area contributed by atoms with Gasteiger partial charge in [-0.3, -0.25) is 0 Å². The molecule has 0 saturated carbocycles. The Morgan fingerprint density at radius 2 is 2.13 bits per heavy atom. The van der Waals surface area contributed by atoms with Crippen LogP contribution in [0.3, 0.4) is 0 Å². The lowest BCUT2D eigenvalue weighted by Crippen LogP contribution is -2.06. The maximum absolute atomic E-state index is 6.02. The predicted octanol–water partition coefficient (Wildman–Crippen LogP) is 4.15. The molecule has 2 N–H and O–H groups in total. The van der Waals surface area contributed by atoms with E-state index in [0.717, 1.165) is 17.6 Å². The summed E-state index contributed by atoms with van der Waals surface area (Å²) in [6.45, 7) is 2.01. The fraction of sp³-hybridized carbons (Fsp3) is 0.273. The highest BCUT2D eigenvalue weighted by molar-refractivity contribution is 6.44. The number of furan rings is 1. The van der Waals surface area contributed by atoms with E-state index in [0.29, 0.717) is 15.6 Å². The van der Waals surface area contributed by atoms with E-state index in [4.69, 9.17) is 33.4 Å². The summed E-state index contributed by atoms with van der Waals surface area (Å²) in [5.74, 6) is 0.747. The van der Waals surface area contributed by atoms with Crippen molar-refractivity contribution >= 4 is 34.2 Å². The Kier molecular flexibility index (Phi) is 2.91. The normalized spacial score (nSPS) is 13.3. The second kappa shape index (κ2) is 4.05. The first-order valence-corrected chi connectivity index (χ1v) is 5.52. The molecule has 2 nitrogen and oxygen atoms in total. The van der Waals surface area contributed by atoms with Gasteiger partial charge >= 0.3 is 0 Å². The van der Waals surface area contributed by atoms with Crippen molar-refractivity contribution in [3.63, 3.8) is 0 Å². The van der Waals surface area contributed by atoms with Crippen LogP contribution in [0, 0.1) is 0 Å². The summed E-state index contributed by atoms with van der Waals surface area (Å²) in [4.78, 5) is 0. The molecule has 1 unspecified atom stereocenters. The van der Waals surface area contributed by atoms with Gasteiger partial charge in [0.2, 0.25) is 0 Å². The molecular formula is C11H11Cl2NO. The molecule has 1 aromatic carbocycles. The minimum Gasteiger partial charge on any atom is -0.458 e. The lowest BCUT2D eigenvalue weighted by molar-refractivity contribution is 0.488. The smallest absolute Gasteiger partial charge is 0.154 e. The van der Waals surface area contributed by atoms with E-state index in [1.54, 1.807) is 6.07 Å². The number of hydrogen-bond acceptors (Lipinski definition) is 2. The minimum atomic E-state index is -0.0905. The Morgan fingerprint density at radius 3 is 2.80 bits per heavy atom. The molecule has 4 heteroatoms. The first-order valence-electron chi connectivity index (χ1n) is 4.76. The molecule has 0 saturated heterocycles. The Labute approximate surface area is 97.9 Å². The molecule has 0 radical (unpaired) electrons. The van der Waals surface area contributed by atoms with Gasteiger partial charge in [0.05, 0.1) is 11.1 Å². The van der Waals surface area contributed by atoms with Crippen LogP contribution >= 0.6 is 23.2 Å². The highest BCUT2D eigenvalue weighted by Crippen LogP contribution is 2.34. The standard InChI is InChI=1S/C11H11Cl2NO/c1-2-8(14)9-5-6-3-4-7(12)10(13)11(6)15-9/h3-5,8H,2,14H2,1H3. The molecule has 0 fully saturated rings. The lowest BCUT2D eigenvalue weighted by atomic mass is 10.2. The van der Waals surface area contributed by atoms with Crippen LogP contribution in [0.1, 0.15) is 25.1 Å². The third-order valence-electron chi connectivity index (χ3n) is 2.40. The molecule has 0 bridgehead atoms. The number of rotatable bonds is 2. The van der Waals surface area contributed by atoms with Gasteiger partial charge in [0.15, 0.2) is 5.58 Å². The summed E-state index contributed by atoms with van der Waals surface area (Å²) in [5.41, 5.74) is 6.49. The fourth-order valence-electron chi connectivity index (χ4n) is 1.45. The number of nitrogens with two attached hydrogens (primary N) is 1. The minimum absolute atomic E-state index is 0.0905. The third kappa shape index (κ3) is 1.85. The topological polar surface area (TPSA) is 39.2 Å². The molecule has 1 atom stereocenters. The predicted molar refractivity (Wildman–Crippen MR) is 63.5 cm³/mol. The lowest BCUT2D eigenvalue weighted by Gasteiger charge is -2.02. The van der Waals surface area contributed by atoms with Crippen LogP contribution in [0.2, 0.25) is 10.0 Å². The van der Waals surface area contributed by atoms with Gasteiger partial charge in [-0.25, -0.2) is 0 Å². The largest absolute Gasteiger partial charge is 0.458 e. The number of hydrogen-bond donors (Lipinski definition) is 1.